The van der Waals surface area contributed by atoms with Crippen LogP contribution in [0, 0.1) is 22.7 Å². The Balaban J connectivity index is 0.966. The summed E-state index contributed by atoms with van der Waals surface area (Å²) in [6, 6.07) is 17.9. The van der Waals surface area contributed by atoms with Crippen molar-refractivity contribution in [3.05, 3.63) is 83.6 Å². The van der Waals surface area contributed by atoms with E-state index >= 15 is 0 Å². The van der Waals surface area contributed by atoms with E-state index in [1.807, 2.05) is 36.8 Å². The zero-order valence-electron chi connectivity index (χ0n) is 39.7. The van der Waals surface area contributed by atoms with Gasteiger partial charge in [-0.15, -0.1) is 0 Å². The van der Waals surface area contributed by atoms with Crippen molar-refractivity contribution in [2.45, 2.75) is 117 Å². The summed E-state index contributed by atoms with van der Waals surface area (Å²) in [5.74, 6) is 2.29. The summed E-state index contributed by atoms with van der Waals surface area (Å²) in [6.07, 6.45) is 6.06. The van der Waals surface area contributed by atoms with Gasteiger partial charge in [-0.05, 0) is 118 Å². The van der Waals surface area contributed by atoms with Gasteiger partial charge in [0, 0.05) is 13.1 Å². The molecule has 348 valence electrons. The molecule has 2 aliphatic carbocycles. The van der Waals surface area contributed by atoms with Gasteiger partial charge in [0.15, 0.2) is 0 Å². The number of imidazole rings is 2. The number of hydrogen-bond donors (Lipinski definition) is 4. The molecule has 2 saturated heterocycles. The fourth-order valence-electron chi connectivity index (χ4n) is 11.2. The fraction of sp³-hybridized carbons (Fsp3) is 0.500. The lowest BCUT2D eigenvalue weighted by molar-refractivity contribution is -0.136. The number of amides is 4. The molecule has 4 aliphatic rings. The van der Waals surface area contributed by atoms with E-state index in [0.29, 0.717) is 31.3 Å². The first-order valence-corrected chi connectivity index (χ1v) is 23.6. The molecule has 5 aromatic rings. The number of nitrogens with zero attached hydrogens (tertiary/aromatic N) is 4. The van der Waals surface area contributed by atoms with Gasteiger partial charge in [-0.2, -0.15) is 0 Å². The van der Waals surface area contributed by atoms with Gasteiger partial charge in [-0.25, -0.2) is 19.6 Å². The summed E-state index contributed by atoms with van der Waals surface area (Å²) in [5, 5.41) is 5.47. The van der Waals surface area contributed by atoms with Gasteiger partial charge in [-0.1, -0.05) is 90.9 Å². The molecule has 9 rings (SSSR count). The van der Waals surface area contributed by atoms with Crippen LogP contribution in [0.3, 0.4) is 0 Å². The highest BCUT2D eigenvalue weighted by Gasteiger charge is 2.46. The highest BCUT2D eigenvalue weighted by atomic mass is 16.5. The third kappa shape index (κ3) is 8.32. The number of rotatable bonds is 11. The summed E-state index contributed by atoms with van der Waals surface area (Å²) in [5.41, 5.74) is 11.2. The maximum atomic E-state index is 14.0. The number of carbonyl (C=O) groups excluding carboxylic acids is 4. The average Bonchev–Trinajstić information content (AvgIpc) is 4.12. The quantitative estimate of drug-likeness (QED) is 0.101. The van der Waals surface area contributed by atoms with Gasteiger partial charge < -0.3 is 39.9 Å². The largest absolute Gasteiger partial charge is 0.453 e. The van der Waals surface area contributed by atoms with Crippen molar-refractivity contribution in [1.82, 2.24) is 40.4 Å². The number of likely N-dealkylation sites (tertiary alicyclic amines) is 2. The third-order valence-corrected chi connectivity index (χ3v) is 14.7. The number of methoxy groups -OCH3 is 2. The standard InChI is InChI=1S/C52H64N8O6/c1-10-37(57-49(63)65-8)47(61)59-26-52(6,7)24-42(59)46-54-38-20-16-32(22-39(38)55-46)33-18-19-34(43-35-17-15-31(35)21-36(33)43)29-11-13-30(14-12-29)40-25-53-45(56-40)41-23-51(4,5)27-60(41)48(62)44(28(2)3)58-50(64)66-9/h11-14,16,18-20,22,25,28,31,35,37,41-42,44H,10,15,17,21,23-24,26-27H2,1-9H3,(H,53,56)(H,54,55)(H,57,63)(H,58,64). The van der Waals surface area contributed by atoms with Crippen molar-refractivity contribution in [2.75, 3.05) is 27.3 Å². The zero-order chi connectivity index (χ0) is 46.8. The molecule has 66 heavy (non-hydrogen) atoms. The summed E-state index contributed by atoms with van der Waals surface area (Å²) < 4.78 is 9.65. The Morgan fingerprint density at radius 1 is 0.773 bits per heavy atom. The Morgan fingerprint density at radius 3 is 2.03 bits per heavy atom. The van der Waals surface area contributed by atoms with Gasteiger partial charge in [0.25, 0.3) is 0 Å². The smallest absolute Gasteiger partial charge is 0.407 e. The Bertz CT molecular complexity index is 2680. The molecule has 2 aromatic heterocycles. The first kappa shape index (κ1) is 45.0. The normalized spacial score (nSPS) is 22.4. The van der Waals surface area contributed by atoms with Gasteiger partial charge in [0.2, 0.25) is 11.8 Å². The Hall–Kier alpha value is -6.18. The minimum absolute atomic E-state index is 0.123. The average molecular weight is 897 g/mol. The lowest BCUT2D eigenvalue weighted by Gasteiger charge is -2.31. The maximum absolute atomic E-state index is 14.0. The van der Waals surface area contributed by atoms with Crippen LogP contribution >= 0.6 is 0 Å². The van der Waals surface area contributed by atoms with Gasteiger partial charge in [0.1, 0.15) is 23.7 Å². The number of fused-ring (bicyclic) bond motifs is 4. The molecule has 6 atom stereocenters. The molecule has 0 bridgehead atoms. The number of benzene rings is 3. The highest BCUT2D eigenvalue weighted by Crippen LogP contribution is 2.56. The van der Waals surface area contributed by atoms with Crippen LogP contribution in [0.15, 0.2) is 60.8 Å². The van der Waals surface area contributed by atoms with E-state index in [2.05, 4.69) is 103 Å². The van der Waals surface area contributed by atoms with Crippen LogP contribution in [-0.4, -0.2) is 93.1 Å². The zero-order valence-corrected chi connectivity index (χ0v) is 39.7. The summed E-state index contributed by atoms with van der Waals surface area (Å²) in [4.78, 5) is 72.9. The molecular weight excluding hydrogens is 833 g/mol. The molecule has 6 unspecified atom stereocenters. The first-order chi connectivity index (χ1) is 31.5. The minimum atomic E-state index is -0.713. The van der Waals surface area contributed by atoms with E-state index in [0.717, 1.165) is 58.8 Å². The van der Waals surface area contributed by atoms with Crippen molar-refractivity contribution in [3.63, 3.8) is 0 Å². The van der Waals surface area contributed by atoms with E-state index in [1.54, 1.807) is 0 Å². The van der Waals surface area contributed by atoms with Crippen LogP contribution < -0.4 is 10.6 Å². The molecule has 1 saturated carbocycles. The molecular formula is C52H64N8O6. The lowest BCUT2D eigenvalue weighted by Crippen LogP contribution is -2.51. The fourth-order valence-corrected chi connectivity index (χ4v) is 11.2. The predicted octanol–water partition coefficient (Wildman–Crippen LogP) is 9.45. The number of hydrogen-bond acceptors (Lipinski definition) is 8. The van der Waals surface area contributed by atoms with Crippen molar-refractivity contribution < 1.29 is 28.7 Å². The summed E-state index contributed by atoms with van der Waals surface area (Å²) in [7, 11) is 2.61. The number of ether oxygens (including phenoxy) is 2. The number of alkyl carbamates (subject to hydrolysis) is 2. The van der Waals surface area contributed by atoms with Crippen LogP contribution in [0.2, 0.25) is 0 Å². The topological polar surface area (TPSA) is 175 Å². The third-order valence-electron chi connectivity index (χ3n) is 14.7. The van der Waals surface area contributed by atoms with Crippen LogP contribution in [-0.2, 0) is 25.5 Å². The minimum Gasteiger partial charge on any atom is -0.453 e. The van der Waals surface area contributed by atoms with E-state index in [1.165, 1.54) is 54.9 Å². The molecule has 2 aliphatic heterocycles. The Kier molecular flexibility index (Phi) is 11.7. The first-order valence-electron chi connectivity index (χ1n) is 23.6. The van der Waals surface area contributed by atoms with Crippen LogP contribution in [0.5, 0.6) is 0 Å². The molecule has 4 amide bonds. The Labute approximate surface area is 387 Å². The van der Waals surface area contributed by atoms with Crippen LogP contribution in [0.25, 0.3) is 44.5 Å². The second kappa shape index (κ2) is 17.2. The molecule has 0 radical (unpaired) electrons. The number of carbonyl (C=O) groups is 4. The number of aromatic nitrogens is 4. The van der Waals surface area contributed by atoms with E-state index in [9.17, 15) is 19.2 Å². The molecule has 14 nitrogen and oxygen atoms in total. The number of H-pyrrole nitrogens is 2. The van der Waals surface area contributed by atoms with E-state index in [-0.39, 0.29) is 40.6 Å². The molecule has 4 heterocycles. The van der Waals surface area contributed by atoms with Gasteiger partial charge in [0.05, 0.1) is 49.2 Å². The molecule has 14 heteroatoms. The SMILES string of the molecule is CCC(NC(=O)OC)C(=O)N1CC(C)(C)CC1c1nc2ccc(-c3ccc(-c4ccc(-c5cnc(C6CC(C)(C)CN6C(=O)C(NC(=O)OC)C(C)C)[nH]5)cc4)c4c3CC3CCC43)cc2[nH]1. The van der Waals surface area contributed by atoms with Crippen molar-refractivity contribution >= 4 is 35.0 Å². The van der Waals surface area contributed by atoms with Crippen molar-refractivity contribution in [3.8, 4) is 33.5 Å². The monoisotopic (exact) mass is 896 g/mol. The second-order valence-electron chi connectivity index (χ2n) is 21.0. The summed E-state index contributed by atoms with van der Waals surface area (Å²) in [6.45, 7) is 15.5. The predicted molar refractivity (Wildman–Crippen MR) is 253 cm³/mol. The number of nitrogens with one attached hydrogen (secondary N) is 4. The van der Waals surface area contributed by atoms with Crippen LogP contribution in [0.4, 0.5) is 9.59 Å². The van der Waals surface area contributed by atoms with Crippen LogP contribution in [0.1, 0.15) is 121 Å². The molecule has 3 fully saturated rings. The highest BCUT2D eigenvalue weighted by molar-refractivity contribution is 5.89. The molecule has 3 aromatic carbocycles. The van der Waals surface area contributed by atoms with E-state index in [4.69, 9.17) is 19.4 Å². The Morgan fingerprint density at radius 2 is 1.39 bits per heavy atom. The van der Waals surface area contributed by atoms with Crippen molar-refractivity contribution in [1.29, 1.82) is 0 Å². The lowest BCUT2D eigenvalue weighted by atomic mass is 9.73. The van der Waals surface area contributed by atoms with Gasteiger partial charge >= 0.3 is 12.2 Å². The summed E-state index contributed by atoms with van der Waals surface area (Å²) >= 11 is 0. The van der Waals surface area contributed by atoms with E-state index < -0.39 is 24.3 Å². The molecule has 4 N–H and O–H groups in total. The second-order valence-corrected chi connectivity index (χ2v) is 21.0. The maximum Gasteiger partial charge on any atom is 0.407 e. The number of aromatic amines is 2. The van der Waals surface area contributed by atoms with Gasteiger partial charge in [-0.3, -0.25) is 9.59 Å². The molecule has 0 spiro atoms. The van der Waals surface area contributed by atoms with Crippen molar-refractivity contribution in [2.24, 2.45) is 22.7 Å².